The summed E-state index contributed by atoms with van der Waals surface area (Å²) < 4.78 is 0. The van der Waals surface area contributed by atoms with Gasteiger partial charge in [-0.25, -0.2) is 0 Å². The Morgan fingerprint density at radius 2 is 1.93 bits per heavy atom. The average molecular weight is 215 g/mol. The van der Waals surface area contributed by atoms with Crippen LogP contribution in [0.3, 0.4) is 0 Å². The molecule has 0 bridgehead atoms. The molecule has 0 atom stereocenters. The van der Waals surface area contributed by atoms with Crippen molar-refractivity contribution in [3.63, 3.8) is 0 Å². The van der Waals surface area contributed by atoms with E-state index in [1.165, 1.54) is 44.4 Å². The van der Waals surface area contributed by atoms with Gasteiger partial charge in [0.2, 0.25) is 0 Å². The Balaban J connectivity index is 1.98. The maximum Gasteiger partial charge on any atom is 0.0122 e. The maximum atomic E-state index is 3.61. The van der Waals surface area contributed by atoms with Gasteiger partial charge >= 0.3 is 0 Å². The summed E-state index contributed by atoms with van der Waals surface area (Å²) in [7, 11) is 0. The minimum atomic E-state index is 0.330. The molecule has 1 aliphatic carbocycles. The molecule has 14 heavy (non-hydrogen) atoms. The third-order valence-corrected chi connectivity index (χ3v) is 4.63. The molecule has 1 rings (SSSR count). The molecule has 2 heteroatoms. The number of thioether (sulfide) groups is 1. The highest BCUT2D eigenvalue weighted by Crippen LogP contribution is 2.28. The van der Waals surface area contributed by atoms with Gasteiger partial charge < -0.3 is 5.32 Å². The summed E-state index contributed by atoms with van der Waals surface area (Å²) in [4.78, 5) is 0. The fraction of sp³-hybridized carbons (Fsp3) is 1.00. The van der Waals surface area contributed by atoms with Crippen molar-refractivity contribution in [2.24, 2.45) is 0 Å². The minimum Gasteiger partial charge on any atom is -0.311 e. The molecule has 0 spiro atoms. The zero-order valence-corrected chi connectivity index (χ0v) is 10.8. The summed E-state index contributed by atoms with van der Waals surface area (Å²) in [6.45, 7) is 7.99. The Bertz CT molecular complexity index is 150. The van der Waals surface area contributed by atoms with Crippen LogP contribution < -0.4 is 5.32 Å². The Morgan fingerprint density at radius 1 is 1.29 bits per heavy atom. The highest BCUT2D eigenvalue weighted by atomic mass is 32.2. The van der Waals surface area contributed by atoms with Crippen LogP contribution >= 0.6 is 11.8 Å². The van der Waals surface area contributed by atoms with Crippen LogP contribution in [0.2, 0.25) is 0 Å². The van der Waals surface area contributed by atoms with E-state index in [0.717, 1.165) is 5.25 Å². The number of nitrogens with one attached hydrogen (secondary N) is 1. The van der Waals surface area contributed by atoms with Gasteiger partial charge in [0.15, 0.2) is 0 Å². The molecule has 1 fully saturated rings. The lowest BCUT2D eigenvalue weighted by molar-refractivity contribution is 0.388. The molecule has 0 radical (unpaired) electrons. The van der Waals surface area contributed by atoms with E-state index in [2.05, 4.69) is 37.8 Å². The van der Waals surface area contributed by atoms with Crippen molar-refractivity contribution in [3.05, 3.63) is 0 Å². The van der Waals surface area contributed by atoms with Crippen LogP contribution in [-0.4, -0.2) is 23.1 Å². The van der Waals surface area contributed by atoms with Crippen molar-refractivity contribution in [3.8, 4) is 0 Å². The summed E-state index contributed by atoms with van der Waals surface area (Å²) in [5, 5.41) is 4.59. The van der Waals surface area contributed by atoms with Crippen LogP contribution in [0.15, 0.2) is 0 Å². The summed E-state index contributed by atoms with van der Waals surface area (Å²) >= 11 is 2.17. The molecule has 1 saturated carbocycles. The van der Waals surface area contributed by atoms with Crippen molar-refractivity contribution in [1.29, 1.82) is 0 Å². The zero-order valence-electron chi connectivity index (χ0n) is 9.94. The lowest BCUT2D eigenvalue weighted by Crippen LogP contribution is -2.39. The van der Waals surface area contributed by atoms with E-state index in [1.54, 1.807) is 0 Å². The second-order valence-electron chi connectivity index (χ2n) is 4.94. The third kappa shape index (κ3) is 4.70. The molecular weight excluding hydrogens is 190 g/mol. The van der Waals surface area contributed by atoms with E-state index >= 15 is 0 Å². The number of rotatable bonds is 6. The van der Waals surface area contributed by atoms with Gasteiger partial charge in [-0.05, 0) is 33.1 Å². The molecule has 0 aromatic carbocycles. The van der Waals surface area contributed by atoms with Gasteiger partial charge in [0.1, 0.15) is 0 Å². The minimum absolute atomic E-state index is 0.330. The van der Waals surface area contributed by atoms with Crippen LogP contribution in [-0.2, 0) is 0 Å². The lowest BCUT2D eigenvalue weighted by Gasteiger charge is -2.24. The monoisotopic (exact) mass is 215 g/mol. The fourth-order valence-corrected chi connectivity index (χ4v) is 3.01. The number of hydrogen-bond donors (Lipinski definition) is 1. The van der Waals surface area contributed by atoms with E-state index in [9.17, 15) is 0 Å². The van der Waals surface area contributed by atoms with Gasteiger partial charge in [0.25, 0.3) is 0 Å². The van der Waals surface area contributed by atoms with Crippen LogP contribution in [0, 0.1) is 0 Å². The fourth-order valence-electron chi connectivity index (χ4n) is 1.80. The smallest absolute Gasteiger partial charge is 0.0122 e. The van der Waals surface area contributed by atoms with Crippen molar-refractivity contribution in [1.82, 2.24) is 5.32 Å². The van der Waals surface area contributed by atoms with Gasteiger partial charge in [0.05, 0.1) is 0 Å². The second-order valence-corrected chi connectivity index (χ2v) is 6.35. The molecule has 1 N–H and O–H groups in total. The molecule has 0 saturated heterocycles. The Morgan fingerprint density at radius 3 is 2.50 bits per heavy atom. The van der Waals surface area contributed by atoms with Crippen molar-refractivity contribution >= 4 is 11.8 Å². The molecule has 0 aromatic heterocycles. The van der Waals surface area contributed by atoms with Crippen LogP contribution in [0.25, 0.3) is 0 Å². The normalized spacial score (nSPS) is 19.1. The molecule has 0 unspecified atom stereocenters. The number of hydrogen-bond acceptors (Lipinski definition) is 2. The summed E-state index contributed by atoms with van der Waals surface area (Å²) in [6.07, 6.45) is 7.06. The summed E-state index contributed by atoms with van der Waals surface area (Å²) in [6, 6.07) is 0. The van der Waals surface area contributed by atoms with Crippen LogP contribution in [0.5, 0.6) is 0 Å². The molecule has 1 aliphatic rings. The van der Waals surface area contributed by atoms with E-state index < -0.39 is 0 Å². The predicted octanol–water partition coefficient (Wildman–Crippen LogP) is 3.44. The first-order valence-electron chi connectivity index (χ1n) is 6.01. The molecular formula is C12H25NS. The van der Waals surface area contributed by atoms with Crippen molar-refractivity contribution in [2.45, 2.75) is 63.7 Å². The molecule has 0 amide bonds. The van der Waals surface area contributed by atoms with E-state index in [4.69, 9.17) is 0 Å². The first kappa shape index (κ1) is 12.4. The second kappa shape index (κ2) is 6.02. The molecule has 1 nitrogen and oxygen atoms in total. The highest BCUT2D eigenvalue weighted by molar-refractivity contribution is 7.99. The summed E-state index contributed by atoms with van der Waals surface area (Å²) in [5.74, 6) is 1.29. The Kier molecular flexibility index (Phi) is 5.32. The van der Waals surface area contributed by atoms with Crippen LogP contribution in [0.1, 0.15) is 52.9 Å². The van der Waals surface area contributed by atoms with Crippen molar-refractivity contribution in [2.75, 3.05) is 12.3 Å². The SMILES string of the molecule is CCC(C)(C)NCCSC1CCCC1. The van der Waals surface area contributed by atoms with Crippen molar-refractivity contribution < 1.29 is 0 Å². The van der Waals surface area contributed by atoms with Gasteiger partial charge in [-0.3, -0.25) is 0 Å². The lowest BCUT2D eigenvalue weighted by atomic mass is 10.0. The topological polar surface area (TPSA) is 12.0 Å². The predicted molar refractivity (Wildman–Crippen MR) is 67.1 cm³/mol. The standard InChI is InChI=1S/C12H25NS/c1-4-12(2,3)13-9-10-14-11-7-5-6-8-11/h11,13H,4-10H2,1-3H3. The maximum absolute atomic E-state index is 3.61. The summed E-state index contributed by atoms with van der Waals surface area (Å²) in [5.41, 5.74) is 0.330. The van der Waals surface area contributed by atoms with Gasteiger partial charge in [-0.1, -0.05) is 19.8 Å². The Labute approximate surface area is 93.4 Å². The molecule has 0 heterocycles. The van der Waals surface area contributed by atoms with Crippen LogP contribution in [0.4, 0.5) is 0 Å². The van der Waals surface area contributed by atoms with E-state index in [1.807, 2.05) is 0 Å². The molecule has 84 valence electrons. The average Bonchev–Trinajstić information content (AvgIpc) is 2.65. The highest BCUT2D eigenvalue weighted by Gasteiger charge is 2.16. The zero-order chi connectivity index (χ0) is 10.4. The van der Waals surface area contributed by atoms with Gasteiger partial charge in [0, 0.05) is 23.1 Å². The quantitative estimate of drug-likeness (QED) is 0.681. The van der Waals surface area contributed by atoms with E-state index in [-0.39, 0.29) is 0 Å². The third-order valence-electron chi connectivity index (χ3n) is 3.25. The largest absolute Gasteiger partial charge is 0.311 e. The first-order valence-corrected chi connectivity index (χ1v) is 7.05. The molecule has 0 aliphatic heterocycles. The van der Waals surface area contributed by atoms with E-state index in [0.29, 0.717) is 5.54 Å². The molecule has 0 aromatic rings. The van der Waals surface area contributed by atoms with Gasteiger partial charge in [-0.15, -0.1) is 0 Å². The Hall–Kier alpha value is 0.310. The van der Waals surface area contributed by atoms with Gasteiger partial charge in [-0.2, -0.15) is 11.8 Å². The first-order chi connectivity index (χ1) is 6.64.